The first kappa shape index (κ1) is 13.8. The molecule has 1 aliphatic rings. The second kappa shape index (κ2) is 6.53. The Morgan fingerprint density at radius 1 is 1.42 bits per heavy atom. The zero-order valence-corrected chi connectivity index (χ0v) is 11.8. The van der Waals surface area contributed by atoms with Crippen molar-refractivity contribution in [3.05, 3.63) is 23.4 Å². The van der Waals surface area contributed by atoms with E-state index >= 15 is 0 Å². The first-order chi connectivity index (χ1) is 9.24. The molecule has 0 spiro atoms. The highest BCUT2D eigenvalue weighted by atomic mass is 15.2. The zero-order valence-electron chi connectivity index (χ0n) is 11.8. The van der Waals surface area contributed by atoms with Crippen LogP contribution in [-0.4, -0.2) is 31.2 Å². The highest BCUT2D eigenvalue weighted by Gasteiger charge is 2.21. The zero-order chi connectivity index (χ0) is 13.7. The summed E-state index contributed by atoms with van der Waals surface area (Å²) in [7, 11) is 0. The number of pyridine rings is 1. The van der Waals surface area contributed by atoms with E-state index in [1.807, 2.05) is 19.1 Å². The SMILES string of the molecule is CCNCC1CCN(c2nc(C)ccc2C#N)CC1. The first-order valence-electron chi connectivity index (χ1n) is 7.08. The van der Waals surface area contributed by atoms with Gasteiger partial charge in [0.25, 0.3) is 0 Å². The fourth-order valence-corrected chi connectivity index (χ4v) is 2.57. The standard InChI is InChI=1S/C15H22N4/c1-3-17-11-13-6-8-19(9-7-13)15-14(10-16)5-4-12(2)18-15/h4-5,13,17H,3,6-9,11H2,1-2H3. The lowest BCUT2D eigenvalue weighted by atomic mass is 9.96. The second-order valence-electron chi connectivity index (χ2n) is 5.17. The molecule has 1 saturated heterocycles. The van der Waals surface area contributed by atoms with Gasteiger partial charge in [-0.05, 0) is 50.9 Å². The van der Waals surface area contributed by atoms with Crippen molar-refractivity contribution in [2.75, 3.05) is 31.1 Å². The Morgan fingerprint density at radius 3 is 2.79 bits per heavy atom. The highest BCUT2D eigenvalue weighted by molar-refractivity contribution is 5.54. The van der Waals surface area contributed by atoms with Gasteiger partial charge in [0.2, 0.25) is 0 Å². The summed E-state index contributed by atoms with van der Waals surface area (Å²) < 4.78 is 0. The van der Waals surface area contributed by atoms with Crippen LogP contribution in [0.4, 0.5) is 5.82 Å². The minimum absolute atomic E-state index is 0.690. The number of piperidine rings is 1. The van der Waals surface area contributed by atoms with E-state index in [9.17, 15) is 5.26 Å². The predicted molar refractivity (Wildman–Crippen MR) is 77.2 cm³/mol. The maximum atomic E-state index is 9.18. The number of anilines is 1. The summed E-state index contributed by atoms with van der Waals surface area (Å²) >= 11 is 0. The minimum atomic E-state index is 0.690. The summed E-state index contributed by atoms with van der Waals surface area (Å²) in [5.41, 5.74) is 1.67. The molecule has 0 amide bonds. The Labute approximate surface area is 115 Å². The van der Waals surface area contributed by atoms with Gasteiger partial charge in [-0.15, -0.1) is 0 Å². The van der Waals surface area contributed by atoms with Crippen molar-refractivity contribution in [3.8, 4) is 6.07 Å². The van der Waals surface area contributed by atoms with Crippen LogP contribution in [0.15, 0.2) is 12.1 Å². The highest BCUT2D eigenvalue weighted by Crippen LogP contribution is 2.24. The van der Waals surface area contributed by atoms with Crippen molar-refractivity contribution in [3.63, 3.8) is 0 Å². The molecule has 0 unspecified atom stereocenters. The molecule has 0 bridgehead atoms. The van der Waals surface area contributed by atoms with E-state index in [4.69, 9.17) is 0 Å². The molecule has 1 aromatic rings. The van der Waals surface area contributed by atoms with Gasteiger partial charge in [0, 0.05) is 18.8 Å². The van der Waals surface area contributed by atoms with E-state index in [0.29, 0.717) is 5.56 Å². The quantitative estimate of drug-likeness (QED) is 0.898. The molecule has 2 heterocycles. The third kappa shape index (κ3) is 3.45. The predicted octanol–water partition coefficient (Wildman–Crippen LogP) is 2.09. The van der Waals surface area contributed by atoms with E-state index in [1.54, 1.807) is 0 Å². The van der Waals surface area contributed by atoms with Crippen molar-refractivity contribution in [2.24, 2.45) is 5.92 Å². The molecule has 0 atom stereocenters. The maximum Gasteiger partial charge on any atom is 0.146 e. The molecular formula is C15H22N4. The van der Waals surface area contributed by atoms with Gasteiger partial charge >= 0.3 is 0 Å². The lowest BCUT2D eigenvalue weighted by Crippen LogP contribution is -2.38. The number of rotatable bonds is 4. The van der Waals surface area contributed by atoms with Crippen molar-refractivity contribution >= 4 is 5.82 Å². The smallest absolute Gasteiger partial charge is 0.146 e. The van der Waals surface area contributed by atoms with Gasteiger partial charge in [0.1, 0.15) is 11.9 Å². The Bertz CT molecular complexity index is 456. The molecule has 2 rings (SSSR count). The molecule has 0 aliphatic carbocycles. The summed E-state index contributed by atoms with van der Waals surface area (Å²) in [5, 5.41) is 12.6. The van der Waals surface area contributed by atoms with E-state index in [1.165, 1.54) is 12.8 Å². The lowest BCUT2D eigenvalue weighted by molar-refractivity contribution is 0.385. The molecular weight excluding hydrogens is 236 g/mol. The molecule has 102 valence electrons. The average molecular weight is 258 g/mol. The van der Waals surface area contributed by atoms with Gasteiger partial charge < -0.3 is 10.2 Å². The Hall–Kier alpha value is -1.60. The van der Waals surface area contributed by atoms with Crippen LogP contribution in [-0.2, 0) is 0 Å². The van der Waals surface area contributed by atoms with Crippen LogP contribution in [0.3, 0.4) is 0 Å². The molecule has 4 heteroatoms. The molecule has 1 N–H and O–H groups in total. The fourth-order valence-electron chi connectivity index (χ4n) is 2.57. The maximum absolute atomic E-state index is 9.18. The van der Waals surface area contributed by atoms with E-state index in [0.717, 1.165) is 43.6 Å². The number of hydrogen-bond acceptors (Lipinski definition) is 4. The largest absolute Gasteiger partial charge is 0.355 e. The van der Waals surface area contributed by atoms with Gasteiger partial charge in [-0.25, -0.2) is 4.98 Å². The number of nitrogens with one attached hydrogen (secondary N) is 1. The minimum Gasteiger partial charge on any atom is -0.355 e. The van der Waals surface area contributed by atoms with Crippen LogP contribution >= 0.6 is 0 Å². The van der Waals surface area contributed by atoms with Gasteiger partial charge in [0.05, 0.1) is 5.56 Å². The molecule has 1 aromatic heterocycles. The third-order valence-electron chi connectivity index (χ3n) is 3.73. The van der Waals surface area contributed by atoms with Crippen LogP contribution in [0.1, 0.15) is 31.0 Å². The Morgan fingerprint density at radius 2 is 2.16 bits per heavy atom. The topological polar surface area (TPSA) is 52.0 Å². The number of nitrogens with zero attached hydrogens (tertiary/aromatic N) is 3. The van der Waals surface area contributed by atoms with Crippen LogP contribution < -0.4 is 10.2 Å². The normalized spacial score (nSPS) is 16.4. The monoisotopic (exact) mass is 258 g/mol. The fraction of sp³-hybridized carbons (Fsp3) is 0.600. The van der Waals surface area contributed by atoms with E-state index in [2.05, 4.69) is 28.2 Å². The summed E-state index contributed by atoms with van der Waals surface area (Å²) in [6.07, 6.45) is 2.35. The third-order valence-corrected chi connectivity index (χ3v) is 3.73. The van der Waals surface area contributed by atoms with Crippen molar-refractivity contribution < 1.29 is 0 Å². The summed E-state index contributed by atoms with van der Waals surface area (Å²) in [6, 6.07) is 6.03. The summed E-state index contributed by atoms with van der Waals surface area (Å²) in [6.45, 7) is 8.27. The van der Waals surface area contributed by atoms with Gasteiger partial charge in [-0.2, -0.15) is 5.26 Å². The molecule has 0 saturated carbocycles. The van der Waals surface area contributed by atoms with Crippen LogP contribution in [0.25, 0.3) is 0 Å². The van der Waals surface area contributed by atoms with E-state index < -0.39 is 0 Å². The van der Waals surface area contributed by atoms with Crippen molar-refractivity contribution in [1.29, 1.82) is 5.26 Å². The Balaban J connectivity index is 2.01. The number of aryl methyl sites for hydroxylation is 1. The van der Waals surface area contributed by atoms with E-state index in [-0.39, 0.29) is 0 Å². The first-order valence-corrected chi connectivity index (χ1v) is 7.08. The molecule has 0 aromatic carbocycles. The van der Waals surface area contributed by atoms with Gasteiger partial charge in [-0.3, -0.25) is 0 Å². The molecule has 0 radical (unpaired) electrons. The Kier molecular flexibility index (Phi) is 4.75. The molecule has 4 nitrogen and oxygen atoms in total. The number of nitriles is 1. The van der Waals surface area contributed by atoms with Crippen LogP contribution in [0.2, 0.25) is 0 Å². The van der Waals surface area contributed by atoms with Crippen molar-refractivity contribution in [1.82, 2.24) is 10.3 Å². The summed E-state index contributed by atoms with van der Waals surface area (Å²) in [4.78, 5) is 6.80. The second-order valence-corrected chi connectivity index (χ2v) is 5.17. The lowest BCUT2D eigenvalue weighted by Gasteiger charge is -2.33. The molecule has 1 fully saturated rings. The van der Waals surface area contributed by atoms with Gasteiger partial charge in [-0.1, -0.05) is 6.92 Å². The molecule has 1 aliphatic heterocycles. The molecule has 19 heavy (non-hydrogen) atoms. The number of hydrogen-bond donors (Lipinski definition) is 1. The van der Waals surface area contributed by atoms with Crippen LogP contribution in [0.5, 0.6) is 0 Å². The number of aromatic nitrogens is 1. The summed E-state index contributed by atoms with van der Waals surface area (Å²) in [5.74, 6) is 1.62. The average Bonchev–Trinajstić information content (AvgIpc) is 2.45. The van der Waals surface area contributed by atoms with Crippen molar-refractivity contribution in [2.45, 2.75) is 26.7 Å². The van der Waals surface area contributed by atoms with Gasteiger partial charge in [0.15, 0.2) is 0 Å². The van der Waals surface area contributed by atoms with Crippen LogP contribution in [0, 0.1) is 24.2 Å².